The maximum Gasteiger partial charge on any atom is 0.229 e. The summed E-state index contributed by atoms with van der Waals surface area (Å²) in [6, 6.07) is 11.5. The van der Waals surface area contributed by atoms with Crippen molar-refractivity contribution in [2.45, 2.75) is 19.8 Å². The fraction of sp³-hybridized carbons (Fsp3) is 0.286. The first-order valence-corrected chi connectivity index (χ1v) is 10.0. The summed E-state index contributed by atoms with van der Waals surface area (Å²) in [6.07, 6.45) is 1.71. The Morgan fingerprint density at radius 2 is 2.00 bits per heavy atom. The fourth-order valence-electron chi connectivity index (χ4n) is 3.42. The van der Waals surface area contributed by atoms with Crippen molar-refractivity contribution in [3.8, 4) is 0 Å². The number of aromatic nitrogens is 1. The van der Waals surface area contributed by atoms with E-state index in [-0.39, 0.29) is 23.4 Å². The van der Waals surface area contributed by atoms with Crippen molar-refractivity contribution in [1.29, 1.82) is 0 Å². The van der Waals surface area contributed by atoms with Crippen LogP contribution in [-0.2, 0) is 4.79 Å². The van der Waals surface area contributed by atoms with Gasteiger partial charge in [0.1, 0.15) is 5.82 Å². The molecule has 1 amide bonds. The molecule has 0 saturated carbocycles. The predicted molar refractivity (Wildman–Crippen MR) is 110 cm³/mol. The average molecular weight is 397 g/mol. The first-order chi connectivity index (χ1) is 13.5. The molecular formula is C21H20FN3O2S. The van der Waals surface area contributed by atoms with Gasteiger partial charge in [0.25, 0.3) is 0 Å². The van der Waals surface area contributed by atoms with Gasteiger partial charge in [-0.2, -0.15) is 0 Å². The number of halogens is 1. The highest BCUT2D eigenvalue weighted by Gasteiger charge is 2.27. The number of rotatable bonds is 4. The Kier molecular flexibility index (Phi) is 5.09. The van der Waals surface area contributed by atoms with Crippen LogP contribution in [0.15, 0.2) is 42.5 Å². The maximum absolute atomic E-state index is 13.4. The standard InChI is InChI=1S/C21H20FN3O2S/c1-13(26)14-4-7-17(8-5-14)23-20(27)15-3-2-10-25(12-15)21-24-18-9-6-16(22)11-19(18)28-21/h4-9,11,15H,2-3,10,12H2,1H3,(H,23,27). The van der Waals surface area contributed by atoms with Crippen LogP contribution in [0.4, 0.5) is 15.2 Å². The normalized spacial score (nSPS) is 16.9. The first-order valence-electron chi connectivity index (χ1n) is 9.22. The Hall–Kier alpha value is -2.80. The molecule has 0 spiro atoms. The second-order valence-electron chi connectivity index (χ2n) is 7.02. The Balaban J connectivity index is 1.45. The number of piperidine rings is 1. The summed E-state index contributed by atoms with van der Waals surface area (Å²) in [7, 11) is 0. The molecule has 0 bridgehead atoms. The number of thiazole rings is 1. The number of carbonyl (C=O) groups is 2. The quantitative estimate of drug-likeness (QED) is 0.659. The van der Waals surface area contributed by atoms with Gasteiger partial charge in [-0.25, -0.2) is 9.37 Å². The van der Waals surface area contributed by atoms with Crippen LogP contribution in [0.5, 0.6) is 0 Å². The van der Waals surface area contributed by atoms with E-state index in [2.05, 4.69) is 15.2 Å². The molecule has 2 heterocycles. The molecule has 1 saturated heterocycles. The van der Waals surface area contributed by atoms with Gasteiger partial charge >= 0.3 is 0 Å². The molecule has 144 valence electrons. The molecule has 3 aromatic rings. The minimum Gasteiger partial charge on any atom is -0.347 e. The monoisotopic (exact) mass is 397 g/mol. The second-order valence-corrected chi connectivity index (χ2v) is 8.03. The average Bonchev–Trinajstić information content (AvgIpc) is 3.11. The van der Waals surface area contributed by atoms with Crippen LogP contribution in [0.3, 0.4) is 0 Å². The van der Waals surface area contributed by atoms with Crippen LogP contribution < -0.4 is 10.2 Å². The number of hydrogen-bond donors (Lipinski definition) is 1. The maximum atomic E-state index is 13.4. The second kappa shape index (κ2) is 7.67. The lowest BCUT2D eigenvalue weighted by Gasteiger charge is -2.31. The van der Waals surface area contributed by atoms with E-state index < -0.39 is 0 Å². The van der Waals surface area contributed by atoms with E-state index in [0.717, 1.165) is 34.7 Å². The summed E-state index contributed by atoms with van der Waals surface area (Å²) in [5.41, 5.74) is 2.08. The number of ketones is 1. The van der Waals surface area contributed by atoms with Crippen LogP contribution in [0.2, 0.25) is 0 Å². The van der Waals surface area contributed by atoms with E-state index in [9.17, 15) is 14.0 Å². The summed E-state index contributed by atoms with van der Waals surface area (Å²) in [4.78, 5) is 30.8. The van der Waals surface area contributed by atoms with Crippen LogP contribution in [-0.4, -0.2) is 29.8 Å². The third kappa shape index (κ3) is 3.89. The number of anilines is 2. The highest BCUT2D eigenvalue weighted by Crippen LogP contribution is 2.32. The van der Waals surface area contributed by atoms with E-state index in [4.69, 9.17) is 0 Å². The number of carbonyl (C=O) groups excluding carboxylic acids is 2. The molecule has 0 aliphatic carbocycles. The van der Waals surface area contributed by atoms with Crippen molar-refractivity contribution < 1.29 is 14.0 Å². The highest BCUT2D eigenvalue weighted by atomic mass is 32.1. The van der Waals surface area contributed by atoms with Crippen molar-refractivity contribution in [2.24, 2.45) is 5.92 Å². The molecule has 0 radical (unpaired) electrons. The van der Waals surface area contributed by atoms with Gasteiger partial charge in [0.05, 0.1) is 16.1 Å². The van der Waals surface area contributed by atoms with E-state index in [0.29, 0.717) is 17.8 Å². The summed E-state index contributed by atoms with van der Waals surface area (Å²) < 4.78 is 14.2. The van der Waals surface area contributed by atoms with Gasteiger partial charge in [0, 0.05) is 24.3 Å². The predicted octanol–water partition coefficient (Wildman–Crippen LogP) is 4.49. The lowest BCUT2D eigenvalue weighted by atomic mass is 9.97. The number of hydrogen-bond acceptors (Lipinski definition) is 5. The molecule has 1 N–H and O–H groups in total. The van der Waals surface area contributed by atoms with Crippen LogP contribution in [0, 0.1) is 11.7 Å². The minimum absolute atomic E-state index is 0.00323. The molecule has 5 nitrogen and oxygen atoms in total. The number of fused-ring (bicyclic) bond motifs is 1. The molecule has 28 heavy (non-hydrogen) atoms. The van der Waals surface area contributed by atoms with Crippen molar-refractivity contribution in [2.75, 3.05) is 23.3 Å². The topological polar surface area (TPSA) is 62.3 Å². The Labute approximate surface area is 166 Å². The summed E-state index contributed by atoms with van der Waals surface area (Å²) in [5, 5.41) is 3.76. The Morgan fingerprint density at radius 1 is 1.21 bits per heavy atom. The minimum atomic E-state index is -0.269. The molecule has 1 fully saturated rings. The molecular weight excluding hydrogens is 377 g/mol. The Bertz CT molecular complexity index is 1030. The van der Waals surface area contributed by atoms with Crippen molar-refractivity contribution >= 4 is 44.1 Å². The van der Waals surface area contributed by atoms with Crippen LogP contribution in [0.25, 0.3) is 10.2 Å². The molecule has 7 heteroatoms. The smallest absolute Gasteiger partial charge is 0.229 e. The largest absolute Gasteiger partial charge is 0.347 e. The molecule has 1 atom stereocenters. The third-order valence-corrected chi connectivity index (χ3v) is 6.04. The van der Waals surface area contributed by atoms with E-state index in [1.54, 1.807) is 30.3 Å². The molecule has 2 aromatic carbocycles. The number of benzene rings is 2. The number of nitrogens with zero attached hydrogens (tertiary/aromatic N) is 2. The van der Waals surface area contributed by atoms with Gasteiger partial charge in [-0.15, -0.1) is 0 Å². The van der Waals surface area contributed by atoms with Crippen molar-refractivity contribution in [3.63, 3.8) is 0 Å². The lowest BCUT2D eigenvalue weighted by Crippen LogP contribution is -2.40. The van der Waals surface area contributed by atoms with Gasteiger partial charge in [-0.05, 0) is 62.2 Å². The van der Waals surface area contributed by atoms with E-state index >= 15 is 0 Å². The first kappa shape index (κ1) is 18.6. The highest BCUT2D eigenvalue weighted by molar-refractivity contribution is 7.22. The van der Waals surface area contributed by atoms with Crippen molar-refractivity contribution in [3.05, 3.63) is 53.8 Å². The van der Waals surface area contributed by atoms with E-state index in [1.165, 1.54) is 30.4 Å². The summed E-state index contributed by atoms with van der Waals surface area (Å²) >= 11 is 1.45. The SMILES string of the molecule is CC(=O)c1ccc(NC(=O)C2CCCN(c3nc4ccc(F)cc4s3)C2)cc1. The fourth-order valence-corrected chi connectivity index (χ4v) is 4.44. The van der Waals surface area contributed by atoms with Crippen LogP contribution in [0.1, 0.15) is 30.1 Å². The zero-order valence-electron chi connectivity index (χ0n) is 15.4. The number of Topliss-reactive ketones (excluding diaryl/α,β-unsaturated/α-hetero) is 1. The van der Waals surface area contributed by atoms with Gasteiger partial charge in [0.2, 0.25) is 5.91 Å². The molecule has 1 aliphatic heterocycles. The summed E-state index contributed by atoms with van der Waals surface area (Å²) in [6.45, 7) is 2.93. The van der Waals surface area contributed by atoms with Gasteiger partial charge in [-0.1, -0.05) is 11.3 Å². The zero-order chi connectivity index (χ0) is 19.7. The molecule has 1 unspecified atom stereocenters. The third-order valence-electron chi connectivity index (χ3n) is 4.96. The lowest BCUT2D eigenvalue weighted by molar-refractivity contribution is -0.120. The van der Waals surface area contributed by atoms with Crippen molar-refractivity contribution in [1.82, 2.24) is 4.98 Å². The van der Waals surface area contributed by atoms with Gasteiger partial charge in [0.15, 0.2) is 10.9 Å². The Morgan fingerprint density at radius 3 is 2.75 bits per heavy atom. The molecule has 4 rings (SSSR count). The molecule has 1 aromatic heterocycles. The summed E-state index contributed by atoms with van der Waals surface area (Å²) in [5.74, 6) is -0.455. The van der Waals surface area contributed by atoms with E-state index in [1.807, 2.05) is 0 Å². The van der Waals surface area contributed by atoms with Crippen LogP contribution >= 0.6 is 11.3 Å². The zero-order valence-corrected chi connectivity index (χ0v) is 16.3. The number of nitrogens with one attached hydrogen (secondary N) is 1. The number of amides is 1. The molecule has 1 aliphatic rings. The van der Waals surface area contributed by atoms with Gasteiger partial charge < -0.3 is 10.2 Å². The van der Waals surface area contributed by atoms with Gasteiger partial charge in [-0.3, -0.25) is 9.59 Å².